The molecule has 0 unspecified atom stereocenters. The summed E-state index contributed by atoms with van der Waals surface area (Å²) in [5, 5.41) is 0. The molecule has 6 rings (SSSR count). The van der Waals surface area contributed by atoms with Gasteiger partial charge < -0.3 is 9.47 Å². The van der Waals surface area contributed by atoms with Gasteiger partial charge in [-0.1, -0.05) is 97.1 Å². The number of hydrogen-bond donors (Lipinski definition) is 0. The van der Waals surface area contributed by atoms with Crippen LogP contribution in [0, 0.1) is 0 Å². The molecule has 2 aliphatic carbocycles. The molecule has 0 heterocycles. The van der Waals surface area contributed by atoms with Gasteiger partial charge >= 0.3 is 12.2 Å². The second-order valence-electron chi connectivity index (χ2n) is 8.84. The quantitative estimate of drug-likeness (QED) is 0.249. The molecular weight excluding hydrogens is 438 g/mol. The van der Waals surface area contributed by atoms with E-state index < -0.39 is 12.2 Å². The summed E-state index contributed by atoms with van der Waals surface area (Å²) in [6.07, 6.45) is -1.75. The standard InChI is InChI=1S/C30H23NO4/c1-31(28-25-16-8-6-12-21(25)22-13-7-9-17-26(22)28)29(32)35-30(33)34-18-27-23-14-4-2-10-19(23)20-11-3-5-15-24(20)27/h2-17,27-28H,18H2,1H3. The fourth-order valence-corrected chi connectivity index (χ4v) is 5.42. The lowest BCUT2D eigenvalue weighted by molar-refractivity contribution is 0.0586. The number of amides is 1. The molecule has 1 amide bonds. The first-order valence-electron chi connectivity index (χ1n) is 11.6. The lowest BCUT2D eigenvalue weighted by atomic mass is 9.98. The van der Waals surface area contributed by atoms with Gasteiger partial charge in [-0.25, -0.2) is 9.59 Å². The summed E-state index contributed by atoms with van der Waals surface area (Å²) in [5.74, 6) is -0.101. The fraction of sp³-hybridized carbons (Fsp3) is 0.133. The molecule has 0 saturated heterocycles. The molecule has 0 fully saturated rings. The van der Waals surface area contributed by atoms with Crippen LogP contribution in [0.1, 0.15) is 34.2 Å². The first kappa shape index (κ1) is 21.2. The number of ether oxygens (including phenoxy) is 2. The first-order chi connectivity index (χ1) is 17.1. The van der Waals surface area contributed by atoms with Crippen molar-refractivity contribution in [3.8, 4) is 22.3 Å². The predicted octanol–water partition coefficient (Wildman–Crippen LogP) is 6.77. The predicted molar refractivity (Wildman–Crippen MR) is 133 cm³/mol. The number of nitrogens with zero attached hydrogens (tertiary/aromatic N) is 1. The highest BCUT2D eigenvalue weighted by molar-refractivity contribution is 5.85. The van der Waals surface area contributed by atoms with Gasteiger partial charge in [0.1, 0.15) is 6.61 Å². The van der Waals surface area contributed by atoms with E-state index in [0.717, 1.165) is 44.5 Å². The Balaban J connectivity index is 1.17. The maximum Gasteiger partial charge on any atom is 0.517 e. The van der Waals surface area contributed by atoms with Crippen molar-refractivity contribution >= 4 is 12.2 Å². The number of rotatable bonds is 3. The van der Waals surface area contributed by atoms with Gasteiger partial charge in [0.2, 0.25) is 0 Å². The van der Waals surface area contributed by atoms with Gasteiger partial charge in [0.25, 0.3) is 0 Å². The molecule has 35 heavy (non-hydrogen) atoms. The largest absolute Gasteiger partial charge is 0.517 e. The topological polar surface area (TPSA) is 55.8 Å². The van der Waals surface area contributed by atoms with Gasteiger partial charge in [-0.15, -0.1) is 0 Å². The highest BCUT2D eigenvalue weighted by Crippen LogP contribution is 2.46. The molecule has 0 radical (unpaired) electrons. The first-order valence-corrected chi connectivity index (χ1v) is 11.6. The molecule has 0 spiro atoms. The van der Waals surface area contributed by atoms with E-state index in [1.54, 1.807) is 7.05 Å². The Labute approximate surface area is 203 Å². The van der Waals surface area contributed by atoms with E-state index in [1.807, 2.05) is 84.9 Å². The Morgan fingerprint density at radius 1 is 0.657 bits per heavy atom. The molecule has 5 heteroatoms. The van der Waals surface area contributed by atoms with E-state index >= 15 is 0 Å². The van der Waals surface area contributed by atoms with Crippen LogP contribution >= 0.6 is 0 Å². The minimum Gasteiger partial charge on any atom is -0.433 e. The van der Waals surface area contributed by atoms with Crippen LogP contribution in [0.3, 0.4) is 0 Å². The number of carbonyl (C=O) groups excluding carboxylic acids is 2. The molecule has 172 valence electrons. The number of hydrogen-bond acceptors (Lipinski definition) is 4. The molecule has 2 aliphatic rings. The molecular formula is C30H23NO4. The second-order valence-corrected chi connectivity index (χ2v) is 8.84. The monoisotopic (exact) mass is 461 g/mol. The Hall–Kier alpha value is -4.38. The summed E-state index contributed by atoms with van der Waals surface area (Å²) in [6.45, 7) is 0.0962. The Morgan fingerprint density at radius 3 is 1.54 bits per heavy atom. The molecule has 4 aromatic rings. The van der Waals surface area contributed by atoms with Crippen LogP contribution in [-0.4, -0.2) is 30.8 Å². The SMILES string of the molecule is CN(C(=O)OC(=O)OCC1c2ccccc2-c2ccccc21)C1c2ccccc2-c2ccccc21. The zero-order valence-electron chi connectivity index (χ0n) is 19.2. The van der Waals surface area contributed by atoms with E-state index in [-0.39, 0.29) is 18.6 Å². The van der Waals surface area contributed by atoms with Crippen LogP contribution in [-0.2, 0) is 9.47 Å². The third kappa shape index (κ3) is 3.48. The van der Waals surface area contributed by atoms with Crippen molar-refractivity contribution in [1.82, 2.24) is 4.90 Å². The van der Waals surface area contributed by atoms with E-state index in [4.69, 9.17) is 9.47 Å². The average molecular weight is 462 g/mol. The number of fused-ring (bicyclic) bond motifs is 6. The molecule has 0 aromatic heterocycles. The summed E-state index contributed by atoms with van der Waals surface area (Å²) < 4.78 is 10.6. The van der Waals surface area contributed by atoms with Gasteiger partial charge in [0.05, 0.1) is 6.04 Å². The fourth-order valence-electron chi connectivity index (χ4n) is 5.42. The molecule has 5 nitrogen and oxygen atoms in total. The van der Waals surface area contributed by atoms with Crippen LogP contribution < -0.4 is 0 Å². The van der Waals surface area contributed by atoms with Crippen molar-refractivity contribution in [3.63, 3.8) is 0 Å². The van der Waals surface area contributed by atoms with Crippen LogP contribution in [0.4, 0.5) is 9.59 Å². The van der Waals surface area contributed by atoms with Crippen LogP contribution in [0.5, 0.6) is 0 Å². The summed E-state index contributed by atoms with van der Waals surface area (Å²) in [7, 11) is 1.64. The third-order valence-corrected chi connectivity index (χ3v) is 6.98. The van der Waals surface area contributed by atoms with E-state index in [2.05, 4.69) is 12.1 Å². The van der Waals surface area contributed by atoms with E-state index in [1.165, 1.54) is 4.90 Å². The lowest BCUT2D eigenvalue weighted by Gasteiger charge is -2.25. The van der Waals surface area contributed by atoms with Crippen molar-refractivity contribution in [1.29, 1.82) is 0 Å². The Kier molecular flexibility index (Phi) is 5.10. The van der Waals surface area contributed by atoms with E-state index in [9.17, 15) is 9.59 Å². The van der Waals surface area contributed by atoms with Crippen LogP contribution in [0.2, 0.25) is 0 Å². The Morgan fingerprint density at radius 2 is 1.06 bits per heavy atom. The summed E-state index contributed by atoms with van der Waals surface area (Å²) in [4.78, 5) is 27.0. The van der Waals surface area contributed by atoms with Gasteiger partial charge in [0, 0.05) is 13.0 Å². The molecule has 0 atom stereocenters. The minimum absolute atomic E-state index is 0.0962. The zero-order chi connectivity index (χ0) is 23.9. The van der Waals surface area contributed by atoms with Gasteiger partial charge in [-0.2, -0.15) is 0 Å². The van der Waals surface area contributed by atoms with Crippen molar-refractivity contribution < 1.29 is 19.1 Å². The van der Waals surface area contributed by atoms with Crippen molar-refractivity contribution in [3.05, 3.63) is 119 Å². The summed E-state index contributed by atoms with van der Waals surface area (Å²) in [5.41, 5.74) is 8.64. The average Bonchev–Trinajstić information content (AvgIpc) is 3.40. The molecule has 4 aromatic carbocycles. The van der Waals surface area contributed by atoms with Crippen molar-refractivity contribution in [2.75, 3.05) is 13.7 Å². The maximum atomic E-state index is 13.0. The van der Waals surface area contributed by atoms with Gasteiger partial charge in [0.15, 0.2) is 0 Å². The third-order valence-electron chi connectivity index (χ3n) is 6.98. The lowest BCUT2D eigenvalue weighted by Crippen LogP contribution is -2.33. The van der Waals surface area contributed by atoms with Gasteiger partial charge in [-0.05, 0) is 44.5 Å². The highest BCUT2D eigenvalue weighted by Gasteiger charge is 2.35. The summed E-state index contributed by atoms with van der Waals surface area (Å²) in [6, 6.07) is 31.8. The van der Waals surface area contributed by atoms with Crippen LogP contribution in [0.25, 0.3) is 22.3 Å². The minimum atomic E-state index is -0.997. The molecule has 0 bridgehead atoms. The number of benzene rings is 4. The second kappa shape index (κ2) is 8.44. The van der Waals surface area contributed by atoms with Crippen molar-refractivity contribution in [2.45, 2.75) is 12.0 Å². The molecule has 0 aliphatic heterocycles. The number of carbonyl (C=O) groups is 2. The van der Waals surface area contributed by atoms with Gasteiger partial charge in [-0.3, -0.25) is 4.90 Å². The van der Waals surface area contributed by atoms with E-state index in [0.29, 0.717) is 0 Å². The van der Waals surface area contributed by atoms with Crippen LogP contribution in [0.15, 0.2) is 97.1 Å². The molecule has 0 saturated carbocycles. The normalized spacial score (nSPS) is 13.4. The smallest absolute Gasteiger partial charge is 0.433 e. The maximum absolute atomic E-state index is 13.0. The molecule has 0 N–H and O–H groups in total. The van der Waals surface area contributed by atoms with Crippen molar-refractivity contribution in [2.24, 2.45) is 0 Å². The summed E-state index contributed by atoms with van der Waals surface area (Å²) >= 11 is 0. The highest BCUT2D eigenvalue weighted by atomic mass is 16.7. The Bertz CT molecular complexity index is 1370. The zero-order valence-corrected chi connectivity index (χ0v) is 19.2.